The molecule has 0 bridgehead atoms. The van der Waals surface area contributed by atoms with Crippen molar-refractivity contribution in [2.75, 3.05) is 5.32 Å². The quantitative estimate of drug-likeness (QED) is 0.516. The lowest BCUT2D eigenvalue weighted by Gasteiger charge is -2.12. The minimum absolute atomic E-state index is 0.157. The topological polar surface area (TPSA) is 72.2 Å². The third-order valence-electron chi connectivity index (χ3n) is 2.85. The van der Waals surface area contributed by atoms with Crippen LogP contribution in [0.3, 0.4) is 0 Å². The lowest BCUT2D eigenvalue weighted by atomic mass is 10.2. The van der Waals surface area contributed by atoms with Crippen LogP contribution in [0.1, 0.15) is 6.92 Å². The molecule has 0 saturated carbocycles. The summed E-state index contributed by atoms with van der Waals surface area (Å²) in [6, 6.07) is 11.7. The maximum absolute atomic E-state index is 12.8. The predicted molar refractivity (Wildman–Crippen MR) is 83.4 cm³/mol. The van der Waals surface area contributed by atoms with Gasteiger partial charge < -0.3 is 5.32 Å². The summed E-state index contributed by atoms with van der Waals surface area (Å²) in [6.07, 6.45) is 0. The number of nitrogens with zero attached hydrogens (tertiary/aromatic N) is 1. The van der Waals surface area contributed by atoms with Gasteiger partial charge in [0.1, 0.15) is 11.5 Å². The summed E-state index contributed by atoms with van der Waals surface area (Å²) in [6.45, 7) is 1.68. The first-order valence-electron chi connectivity index (χ1n) is 6.44. The van der Waals surface area contributed by atoms with Gasteiger partial charge in [-0.05, 0) is 37.3 Å². The standard InChI is InChI=1S/C15H13FN2O3S/c1-10(22-12-8-6-11(16)7-9-12)15(19)17-13-4-2-3-5-14(13)18(20)21/h2-10H,1H3,(H,17,19). The monoisotopic (exact) mass is 320 g/mol. The molecule has 0 spiro atoms. The minimum Gasteiger partial charge on any atom is -0.319 e. The molecule has 0 heterocycles. The lowest BCUT2D eigenvalue weighted by molar-refractivity contribution is -0.383. The van der Waals surface area contributed by atoms with Crippen molar-refractivity contribution in [3.05, 3.63) is 64.5 Å². The molecular weight excluding hydrogens is 307 g/mol. The molecule has 1 N–H and O–H groups in total. The van der Waals surface area contributed by atoms with Gasteiger partial charge in [0.15, 0.2) is 0 Å². The Bertz CT molecular complexity index is 691. The lowest BCUT2D eigenvalue weighted by Crippen LogP contribution is -2.22. The number of nitro groups is 1. The molecule has 0 aliphatic carbocycles. The van der Waals surface area contributed by atoms with Gasteiger partial charge in [0.05, 0.1) is 10.2 Å². The van der Waals surface area contributed by atoms with Crippen LogP contribution in [-0.4, -0.2) is 16.1 Å². The highest BCUT2D eigenvalue weighted by Gasteiger charge is 2.19. The molecule has 0 aliphatic heterocycles. The number of halogens is 1. The molecule has 114 valence electrons. The molecule has 0 aromatic heterocycles. The van der Waals surface area contributed by atoms with Gasteiger partial charge >= 0.3 is 0 Å². The summed E-state index contributed by atoms with van der Waals surface area (Å²) in [4.78, 5) is 23.2. The van der Waals surface area contributed by atoms with E-state index in [1.807, 2.05) is 0 Å². The molecule has 1 unspecified atom stereocenters. The van der Waals surface area contributed by atoms with Gasteiger partial charge in [0.2, 0.25) is 5.91 Å². The number of carbonyl (C=O) groups excluding carboxylic acids is 1. The SMILES string of the molecule is CC(Sc1ccc(F)cc1)C(=O)Nc1ccccc1[N+](=O)[O-]. The van der Waals surface area contributed by atoms with Crippen LogP contribution in [0.25, 0.3) is 0 Å². The van der Waals surface area contributed by atoms with Gasteiger partial charge in [0, 0.05) is 11.0 Å². The Hall–Kier alpha value is -2.41. The number of hydrogen-bond acceptors (Lipinski definition) is 4. The molecule has 2 rings (SSSR count). The molecular formula is C15H13FN2O3S. The van der Waals surface area contributed by atoms with Crippen molar-refractivity contribution < 1.29 is 14.1 Å². The van der Waals surface area contributed by atoms with Crippen molar-refractivity contribution in [3.8, 4) is 0 Å². The zero-order chi connectivity index (χ0) is 16.1. The van der Waals surface area contributed by atoms with Gasteiger partial charge in [-0.15, -0.1) is 11.8 Å². The van der Waals surface area contributed by atoms with Gasteiger partial charge in [0.25, 0.3) is 5.69 Å². The fourth-order valence-electron chi connectivity index (χ4n) is 1.74. The highest BCUT2D eigenvalue weighted by Crippen LogP contribution is 2.27. The summed E-state index contributed by atoms with van der Waals surface area (Å²) < 4.78 is 12.8. The average molecular weight is 320 g/mol. The van der Waals surface area contributed by atoms with Gasteiger partial charge in [-0.3, -0.25) is 14.9 Å². The molecule has 2 aromatic rings. The average Bonchev–Trinajstić information content (AvgIpc) is 2.49. The van der Waals surface area contributed by atoms with E-state index in [0.29, 0.717) is 0 Å². The molecule has 0 saturated heterocycles. The van der Waals surface area contributed by atoms with Crippen molar-refractivity contribution >= 4 is 29.0 Å². The Kier molecular flexibility index (Phi) is 5.11. The molecule has 0 fully saturated rings. The second-order valence-corrected chi connectivity index (χ2v) is 5.89. The third-order valence-corrected chi connectivity index (χ3v) is 3.97. The van der Waals surface area contributed by atoms with Gasteiger partial charge in [-0.1, -0.05) is 12.1 Å². The van der Waals surface area contributed by atoms with Gasteiger partial charge in [-0.2, -0.15) is 0 Å². The maximum atomic E-state index is 12.8. The zero-order valence-corrected chi connectivity index (χ0v) is 12.5. The van der Waals surface area contributed by atoms with E-state index in [2.05, 4.69) is 5.32 Å². The van der Waals surface area contributed by atoms with Crippen LogP contribution in [-0.2, 0) is 4.79 Å². The fraction of sp³-hybridized carbons (Fsp3) is 0.133. The first-order chi connectivity index (χ1) is 10.5. The van der Waals surface area contributed by atoms with E-state index in [-0.39, 0.29) is 23.1 Å². The highest BCUT2D eigenvalue weighted by atomic mass is 32.2. The second kappa shape index (κ2) is 7.04. The van der Waals surface area contributed by atoms with Crippen LogP contribution in [0.5, 0.6) is 0 Å². The van der Waals surface area contributed by atoms with E-state index >= 15 is 0 Å². The van der Waals surface area contributed by atoms with Crippen LogP contribution in [0.2, 0.25) is 0 Å². The molecule has 5 nitrogen and oxygen atoms in total. The number of amides is 1. The zero-order valence-electron chi connectivity index (χ0n) is 11.7. The summed E-state index contributed by atoms with van der Waals surface area (Å²) in [5.74, 6) is -0.704. The Balaban J connectivity index is 2.05. The van der Waals surface area contributed by atoms with Gasteiger partial charge in [-0.25, -0.2) is 4.39 Å². The van der Waals surface area contributed by atoms with E-state index < -0.39 is 10.2 Å². The Morgan fingerprint density at radius 3 is 2.50 bits per heavy atom. The molecule has 2 aromatic carbocycles. The molecule has 0 aliphatic rings. The summed E-state index contributed by atoms with van der Waals surface area (Å²) in [5.41, 5.74) is -0.00103. The van der Waals surface area contributed by atoms with E-state index in [9.17, 15) is 19.3 Å². The van der Waals surface area contributed by atoms with E-state index in [1.165, 1.54) is 42.1 Å². The number of anilines is 1. The minimum atomic E-state index is -0.548. The molecule has 1 amide bonds. The van der Waals surface area contributed by atoms with E-state index in [0.717, 1.165) is 4.90 Å². The normalized spacial score (nSPS) is 11.7. The van der Waals surface area contributed by atoms with E-state index in [4.69, 9.17) is 0 Å². The number of hydrogen-bond donors (Lipinski definition) is 1. The van der Waals surface area contributed by atoms with Crippen LogP contribution in [0, 0.1) is 15.9 Å². The highest BCUT2D eigenvalue weighted by molar-refractivity contribution is 8.00. The Morgan fingerprint density at radius 2 is 1.86 bits per heavy atom. The number of nitrogens with one attached hydrogen (secondary N) is 1. The maximum Gasteiger partial charge on any atom is 0.292 e. The number of rotatable bonds is 5. The smallest absolute Gasteiger partial charge is 0.292 e. The molecule has 22 heavy (non-hydrogen) atoms. The Morgan fingerprint density at radius 1 is 1.23 bits per heavy atom. The molecule has 0 radical (unpaired) electrons. The number of benzene rings is 2. The van der Waals surface area contributed by atoms with Crippen LogP contribution < -0.4 is 5.32 Å². The number of nitro benzene ring substituents is 1. The third kappa shape index (κ3) is 4.05. The van der Waals surface area contributed by atoms with E-state index in [1.54, 1.807) is 25.1 Å². The summed E-state index contributed by atoms with van der Waals surface area (Å²) in [7, 11) is 0. The van der Waals surface area contributed by atoms with Crippen molar-refractivity contribution in [3.63, 3.8) is 0 Å². The second-order valence-electron chi connectivity index (χ2n) is 4.48. The first-order valence-corrected chi connectivity index (χ1v) is 7.32. The van der Waals surface area contributed by atoms with Crippen LogP contribution in [0.15, 0.2) is 53.4 Å². The van der Waals surface area contributed by atoms with Crippen LogP contribution >= 0.6 is 11.8 Å². The molecule has 7 heteroatoms. The summed E-state index contributed by atoms with van der Waals surface area (Å²) >= 11 is 1.25. The predicted octanol–water partition coefficient (Wildman–Crippen LogP) is 3.85. The number of carbonyl (C=O) groups is 1. The van der Waals surface area contributed by atoms with Crippen LogP contribution in [0.4, 0.5) is 15.8 Å². The first kappa shape index (κ1) is 16.0. The van der Waals surface area contributed by atoms with Crippen molar-refractivity contribution in [2.24, 2.45) is 0 Å². The fourth-order valence-corrected chi connectivity index (χ4v) is 2.61. The van der Waals surface area contributed by atoms with Crippen molar-refractivity contribution in [2.45, 2.75) is 17.1 Å². The van der Waals surface area contributed by atoms with Crippen molar-refractivity contribution in [1.82, 2.24) is 0 Å². The Labute approximate surface area is 130 Å². The van der Waals surface area contributed by atoms with Crippen molar-refractivity contribution in [1.29, 1.82) is 0 Å². The largest absolute Gasteiger partial charge is 0.319 e. The summed E-state index contributed by atoms with van der Waals surface area (Å²) in [5, 5.41) is 13.0. The number of thioether (sulfide) groups is 1. The number of para-hydroxylation sites is 2. The molecule has 1 atom stereocenters.